The number of nitrogens with one attached hydrogen (secondary N) is 1. The summed E-state index contributed by atoms with van der Waals surface area (Å²) in [5.41, 5.74) is 3.19. The van der Waals surface area contributed by atoms with Crippen molar-refractivity contribution in [2.75, 3.05) is 6.54 Å². The Hall–Kier alpha value is -1.33. The van der Waals surface area contributed by atoms with Gasteiger partial charge in [-0.15, -0.1) is 0 Å². The first-order valence-corrected chi connectivity index (χ1v) is 8.03. The molecule has 5 nitrogen and oxygen atoms in total. The summed E-state index contributed by atoms with van der Waals surface area (Å²) in [7, 11) is 0. The van der Waals surface area contributed by atoms with Crippen LogP contribution in [-0.2, 0) is 26.1 Å². The Morgan fingerprint density at radius 2 is 2.10 bits per heavy atom. The van der Waals surface area contributed by atoms with Gasteiger partial charge in [0.25, 0.3) is 0 Å². The highest BCUT2D eigenvalue weighted by Crippen LogP contribution is 2.22. The molecule has 6 heteroatoms. The summed E-state index contributed by atoms with van der Waals surface area (Å²) in [6, 6.07) is 0. The van der Waals surface area contributed by atoms with Crippen molar-refractivity contribution in [3.05, 3.63) is 34.4 Å². The van der Waals surface area contributed by atoms with Crippen LogP contribution in [0, 0.1) is 0 Å². The maximum Gasteiger partial charge on any atom is 0.0869 e. The highest BCUT2D eigenvalue weighted by Gasteiger charge is 2.15. The van der Waals surface area contributed by atoms with E-state index in [0.717, 1.165) is 48.9 Å². The van der Waals surface area contributed by atoms with Crippen LogP contribution in [0.15, 0.2) is 12.4 Å². The summed E-state index contributed by atoms with van der Waals surface area (Å²) in [6.45, 7) is 9.68. The van der Waals surface area contributed by atoms with Crippen LogP contribution in [0.25, 0.3) is 0 Å². The van der Waals surface area contributed by atoms with Crippen LogP contribution in [0.1, 0.15) is 44.1 Å². The zero-order chi connectivity index (χ0) is 15.2. The minimum absolute atomic E-state index is 0.660. The number of aromatic nitrogens is 4. The molecule has 1 N–H and O–H groups in total. The molecule has 0 fully saturated rings. The van der Waals surface area contributed by atoms with E-state index in [-0.39, 0.29) is 0 Å². The van der Waals surface area contributed by atoms with Crippen molar-refractivity contribution in [1.29, 1.82) is 0 Å². The van der Waals surface area contributed by atoms with Crippen LogP contribution >= 0.6 is 11.6 Å². The lowest BCUT2D eigenvalue weighted by Gasteiger charge is -2.05. The van der Waals surface area contributed by atoms with Gasteiger partial charge in [0.15, 0.2) is 0 Å². The van der Waals surface area contributed by atoms with E-state index in [1.807, 2.05) is 15.6 Å². The van der Waals surface area contributed by atoms with Gasteiger partial charge >= 0.3 is 0 Å². The molecule has 2 aromatic rings. The molecule has 0 aliphatic rings. The van der Waals surface area contributed by atoms with Gasteiger partial charge in [-0.3, -0.25) is 9.36 Å². The number of hydrogen-bond acceptors (Lipinski definition) is 3. The fourth-order valence-electron chi connectivity index (χ4n) is 2.32. The lowest BCUT2D eigenvalue weighted by atomic mass is 10.3. The van der Waals surface area contributed by atoms with Gasteiger partial charge in [0.05, 0.1) is 29.2 Å². The molecular formula is C15H24ClN5. The maximum absolute atomic E-state index is 6.43. The Morgan fingerprint density at radius 1 is 1.29 bits per heavy atom. The summed E-state index contributed by atoms with van der Waals surface area (Å²) < 4.78 is 3.90. The van der Waals surface area contributed by atoms with E-state index in [1.165, 1.54) is 5.56 Å². The second kappa shape index (κ2) is 7.61. The lowest BCUT2D eigenvalue weighted by molar-refractivity contribution is 0.573. The SMILES string of the molecule is CCCNCc1cnn(Cc2c(Cl)c(CC)nn2CC)c1. The van der Waals surface area contributed by atoms with Crippen LogP contribution in [0.3, 0.4) is 0 Å². The topological polar surface area (TPSA) is 47.7 Å². The predicted octanol–water partition coefficient (Wildman–Crippen LogP) is 2.86. The molecule has 0 aliphatic carbocycles. The molecule has 0 amide bonds. The van der Waals surface area contributed by atoms with Crippen molar-refractivity contribution in [1.82, 2.24) is 24.9 Å². The zero-order valence-corrected chi connectivity index (χ0v) is 13.8. The second-order valence-corrected chi connectivity index (χ2v) is 5.48. The van der Waals surface area contributed by atoms with Gasteiger partial charge in [0.1, 0.15) is 0 Å². The normalized spacial score (nSPS) is 11.2. The van der Waals surface area contributed by atoms with Crippen molar-refractivity contribution in [2.24, 2.45) is 0 Å². The fraction of sp³-hybridized carbons (Fsp3) is 0.600. The van der Waals surface area contributed by atoms with Crippen molar-refractivity contribution in [3.63, 3.8) is 0 Å². The third-order valence-corrected chi connectivity index (χ3v) is 3.88. The van der Waals surface area contributed by atoms with Crippen LogP contribution in [0.4, 0.5) is 0 Å². The standard InChI is InChI=1S/C15H24ClN5/c1-4-7-17-8-12-9-18-20(10-12)11-14-15(16)13(5-2)19-21(14)6-3/h9-10,17H,4-8,11H2,1-3H3. The summed E-state index contributed by atoms with van der Waals surface area (Å²) >= 11 is 6.43. The molecule has 0 radical (unpaired) electrons. The van der Waals surface area contributed by atoms with E-state index >= 15 is 0 Å². The van der Waals surface area contributed by atoms with E-state index < -0.39 is 0 Å². The highest BCUT2D eigenvalue weighted by molar-refractivity contribution is 6.31. The minimum Gasteiger partial charge on any atom is -0.313 e. The number of hydrogen-bond donors (Lipinski definition) is 1. The van der Waals surface area contributed by atoms with Crippen molar-refractivity contribution < 1.29 is 0 Å². The Labute approximate surface area is 131 Å². The van der Waals surface area contributed by atoms with Gasteiger partial charge < -0.3 is 5.32 Å². The lowest BCUT2D eigenvalue weighted by Crippen LogP contribution is -2.13. The van der Waals surface area contributed by atoms with E-state index in [1.54, 1.807) is 0 Å². The molecule has 0 bridgehead atoms. The summed E-state index contributed by atoms with van der Waals surface area (Å²) in [6.07, 6.45) is 5.96. The van der Waals surface area contributed by atoms with E-state index in [0.29, 0.717) is 6.54 Å². The van der Waals surface area contributed by atoms with Gasteiger partial charge in [-0.2, -0.15) is 10.2 Å². The van der Waals surface area contributed by atoms with E-state index in [9.17, 15) is 0 Å². The van der Waals surface area contributed by atoms with E-state index in [4.69, 9.17) is 11.6 Å². The van der Waals surface area contributed by atoms with Gasteiger partial charge in [0, 0.05) is 24.8 Å². The largest absolute Gasteiger partial charge is 0.313 e. The number of nitrogens with zero attached hydrogens (tertiary/aromatic N) is 4. The molecule has 0 unspecified atom stereocenters. The molecule has 0 atom stereocenters. The average molecular weight is 310 g/mol. The number of aryl methyl sites for hydroxylation is 2. The van der Waals surface area contributed by atoms with Crippen molar-refractivity contribution in [3.8, 4) is 0 Å². The molecule has 2 aromatic heterocycles. The van der Waals surface area contributed by atoms with E-state index in [2.05, 4.69) is 42.5 Å². The van der Waals surface area contributed by atoms with Gasteiger partial charge in [0.2, 0.25) is 0 Å². The third-order valence-electron chi connectivity index (χ3n) is 3.45. The van der Waals surface area contributed by atoms with Crippen LogP contribution in [0.2, 0.25) is 5.02 Å². The Kier molecular flexibility index (Phi) is 5.82. The fourth-order valence-corrected chi connectivity index (χ4v) is 2.64. The molecule has 0 saturated carbocycles. The summed E-state index contributed by atoms with van der Waals surface area (Å²) in [4.78, 5) is 0. The molecule has 21 heavy (non-hydrogen) atoms. The Bertz CT molecular complexity index is 573. The van der Waals surface area contributed by atoms with Crippen molar-refractivity contribution in [2.45, 2.75) is 53.2 Å². The second-order valence-electron chi connectivity index (χ2n) is 5.10. The van der Waals surface area contributed by atoms with Gasteiger partial charge in [-0.05, 0) is 26.3 Å². The third kappa shape index (κ3) is 3.86. The molecular weight excluding hydrogens is 286 g/mol. The molecule has 0 saturated heterocycles. The van der Waals surface area contributed by atoms with Crippen molar-refractivity contribution >= 4 is 11.6 Å². The first-order chi connectivity index (χ1) is 10.2. The molecule has 0 aromatic carbocycles. The van der Waals surface area contributed by atoms with Gasteiger partial charge in [-0.1, -0.05) is 25.4 Å². The van der Waals surface area contributed by atoms with Crippen LogP contribution < -0.4 is 5.32 Å². The molecule has 2 rings (SSSR count). The molecule has 0 aliphatic heterocycles. The Morgan fingerprint density at radius 3 is 2.76 bits per heavy atom. The monoisotopic (exact) mass is 309 g/mol. The smallest absolute Gasteiger partial charge is 0.0869 e. The van der Waals surface area contributed by atoms with Gasteiger partial charge in [-0.25, -0.2) is 0 Å². The molecule has 0 spiro atoms. The Balaban J connectivity index is 2.09. The predicted molar refractivity (Wildman–Crippen MR) is 85.6 cm³/mol. The zero-order valence-electron chi connectivity index (χ0n) is 13.1. The molecule has 2 heterocycles. The summed E-state index contributed by atoms with van der Waals surface area (Å²) in [5, 5.41) is 13.1. The first kappa shape index (κ1) is 16.0. The quantitative estimate of drug-likeness (QED) is 0.763. The highest BCUT2D eigenvalue weighted by atomic mass is 35.5. The first-order valence-electron chi connectivity index (χ1n) is 7.65. The maximum atomic E-state index is 6.43. The van der Waals surface area contributed by atoms with Crippen LogP contribution in [0.5, 0.6) is 0 Å². The minimum atomic E-state index is 0.660. The number of halogens is 1. The summed E-state index contributed by atoms with van der Waals surface area (Å²) in [5.74, 6) is 0. The van der Waals surface area contributed by atoms with Crippen LogP contribution in [-0.4, -0.2) is 26.1 Å². The average Bonchev–Trinajstić information content (AvgIpc) is 3.05. The molecule has 116 valence electrons. The number of rotatable bonds is 8.